The van der Waals surface area contributed by atoms with Crippen LogP contribution in [-0.2, 0) is 6.42 Å². The molecule has 1 aromatic rings. The quantitative estimate of drug-likeness (QED) is 0.900. The summed E-state index contributed by atoms with van der Waals surface area (Å²) in [5.41, 5.74) is 1.28. The second kappa shape index (κ2) is 7.34. The van der Waals surface area contributed by atoms with Gasteiger partial charge in [-0.05, 0) is 19.8 Å². The first-order chi connectivity index (χ1) is 10.1. The highest BCUT2D eigenvalue weighted by atomic mass is 32.2. The Morgan fingerprint density at radius 2 is 2.10 bits per heavy atom. The Labute approximate surface area is 133 Å². The molecular weight excluding hydrogens is 280 g/mol. The highest BCUT2D eigenvalue weighted by molar-refractivity contribution is 8.00. The van der Waals surface area contributed by atoms with Crippen molar-refractivity contribution < 1.29 is 0 Å². The summed E-state index contributed by atoms with van der Waals surface area (Å²) in [4.78, 5) is 11.5. The lowest BCUT2D eigenvalue weighted by atomic mass is 10.1. The van der Waals surface area contributed by atoms with Crippen molar-refractivity contribution in [2.45, 2.75) is 51.7 Å². The van der Waals surface area contributed by atoms with Crippen LogP contribution in [0.5, 0.6) is 0 Å². The Morgan fingerprint density at radius 3 is 2.81 bits per heavy atom. The molecule has 2 heterocycles. The lowest BCUT2D eigenvalue weighted by Crippen LogP contribution is -2.29. The van der Waals surface area contributed by atoms with Gasteiger partial charge in [-0.15, -0.1) is 0 Å². The molecule has 1 fully saturated rings. The van der Waals surface area contributed by atoms with E-state index in [1.165, 1.54) is 17.7 Å². The van der Waals surface area contributed by atoms with Crippen LogP contribution in [0.25, 0.3) is 0 Å². The molecule has 0 radical (unpaired) electrons. The normalized spacial score (nSPS) is 18.4. The summed E-state index contributed by atoms with van der Waals surface area (Å²) in [6.45, 7) is 12.1. The van der Waals surface area contributed by atoms with Crippen molar-refractivity contribution in [3.8, 4) is 0 Å². The van der Waals surface area contributed by atoms with E-state index in [-0.39, 0.29) is 0 Å². The zero-order valence-electron chi connectivity index (χ0n) is 13.8. The van der Waals surface area contributed by atoms with Crippen molar-refractivity contribution >= 4 is 23.4 Å². The fourth-order valence-corrected chi connectivity index (χ4v) is 3.81. The van der Waals surface area contributed by atoms with Gasteiger partial charge >= 0.3 is 0 Å². The van der Waals surface area contributed by atoms with Crippen LogP contribution in [0.2, 0.25) is 0 Å². The molecule has 0 aliphatic carbocycles. The van der Waals surface area contributed by atoms with Gasteiger partial charge in [-0.25, -0.2) is 9.97 Å². The SMILES string of the molecule is CCCc1c(NCC)ncnc1N1CCSC(C)(C)CC1. The van der Waals surface area contributed by atoms with Gasteiger partial charge in [0, 0.05) is 35.7 Å². The molecule has 0 aromatic carbocycles. The number of aromatic nitrogens is 2. The van der Waals surface area contributed by atoms with Crippen LogP contribution in [0.1, 0.15) is 46.1 Å². The molecule has 1 saturated heterocycles. The molecule has 0 amide bonds. The molecule has 1 aliphatic rings. The summed E-state index contributed by atoms with van der Waals surface area (Å²) in [7, 11) is 0. The number of anilines is 2. The van der Waals surface area contributed by atoms with E-state index in [4.69, 9.17) is 0 Å². The third-order valence-electron chi connectivity index (χ3n) is 3.90. The highest BCUT2D eigenvalue weighted by Crippen LogP contribution is 2.33. The molecule has 118 valence electrons. The summed E-state index contributed by atoms with van der Waals surface area (Å²) >= 11 is 2.07. The van der Waals surface area contributed by atoms with E-state index in [1.807, 2.05) is 0 Å². The summed E-state index contributed by atoms with van der Waals surface area (Å²) in [5.74, 6) is 3.32. The maximum atomic E-state index is 4.62. The molecule has 1 aliphatic heterocycles. The molecule has 0 unspecified atom stereocenters. The van der Waals surface area contributed by atoms with Gasteiger partial charge in [0.15, 0.2) is 0 Å². The molecule has 0 atom stereocenters. The standard InChI is InChI=1S/C16H28N4S/c1-5-7-13-14(17-6-2)18-12-19-15(13)20-9-8-16(3,4)21-11-10-20/h12H,5-11H2,1-4H3,(H,17,18,19). The van der Waals surface area contributed by atoms with E-state index >= 15 is 0 Å². The second-order valence-electron chi connectivity index (χ2n) is 6.15. The fourth-order valence-electron chi connectivity index (χ4n) is 2.71. The van der Waals surface area contributed by atoms with Crippen LogP contribution in [0, 0.1) is 0 Å². The van der Waals surface area contributed by atoms with Gasteiger partial charge in [0.25, 0.3) is 0 Å². The Kier molecular flexibility index (Phi) is 5.73. The summed E-state index contributed by atoms with van der Waals surface area (Å²) < 4.78 is 0.372. The summed E-state index contributed by atoms with van der Waals surface area (Å²) in [5, 5.41) is 3.39. The molecule has 0 bridgehead atoms. The van der Waals surface area contributed by atoms with Crippen LogP contribution in [0.15, 0.2) is 6.33 Å². The smallest absolute Gasteiger partial charge is 0.137 e. The number of hydrogen-bond donors (Lipinski definition) is 1. The van der Waals surface area contributed by atoms with Gasteiger partial charge in [0.2, 0.25) is 0 Å². The zero-order chi connectivity index (χ0) is 15.3. The zero-order valence-corrected chi connectivity index (χ0v) is 14.6. The molecule has 0 spiro atoms. The second-order valence-corrected chi connectivity index (χ2v) is 7.95. The highest BCUT2D eigenvalue weighted by Gasteiger charge is 2.25. The first-order valence-corrected chi connectivity index (χ1v) is 9.02. The van der Waals surface area contributed by atoms with Crippen LogP contribution in [-0.4, -0.2) is 40.1 Å². The van der Waals surface area contributed by atoms with Crippen molar-refractivity contribution in [3.05, 3.63) is 11.9 Å². The fraction of sp³-hybridized carbons (Fsp3) is 0.750. The number of hydrogen-bond acceptors (Lipinski definition) is 5. The van der Waals surface area contributed by atoms with Crippen LogP contribution in [0.3, 0.4) is 0 Å². The van der Waals surface area contributed by atoms with Gasteiger partial charge in [0.05, 0.1) is 0 Å². The average Bonchev–Trinajstić information content (AvgIpc) is 2.62. The number of rotatable bonds is 5. The van der Waals surface area contributed by atoms with E-state index in [9.17, 15) is 0 Å². The van der Waals surface area contributed by atoms with Crippen LogP contribution >= 0.6 is 11.8 Å². The van der Waals surface area contributed by atoms with E-state index in [0.29, 0.717) is 4.75 Å². The number of thioether (sulfide) groups is 1. The van der Waals surface area contributed by atoms with Crippen LogP contribution in [0.4, 0.5) is 11.6 Å². The predicted molar refractivity (Wildman–Crippen MR) is 93.6 cm³/mol. The lowest BCUT2D eigenvalue weighted by molar-refractivity contribution is 0.633. The third kappa shape index (κ3) is 4.25. The van der Waals surface area contributed by atoms with E-state index in [1.54, 1.807) is 6.33 Å². The van der Waals surface area contributed by atoms with E-state index in [2.05, 4.69) is 59.6 Å². The van der Waals surface area contributed by atoms with Crippen LogP contribution < -0.4 is 10.2 Å². The summed E-state index contributed by atoms with van der Waals surface area (Å²) in [6, 6.07) is 0. The number of nitrogens with zero attached hydrogens (tertiary/aromatic N) is 3. The molecule has 1 aromatic heterocycles. The topological polar surface area (TPSA) is 41.1 Å². The van der Waals surface area contributed by atoms with E-state index in [0.717, 1.165) is 44.1 Å². The third-order valence-corrected chi connectivity index (χ3v) is 5.28. The molecular formula is C16H28N4S. The molecule has 2 rings (SSSR count). The van der Waals surface area contributed by atoms with Gasteiger partial charge in [-0.1, -0.05) is 27.2 Å². The maximum absolute atomic E-state index is 4.62. The first-order valence-electron chi connectivity index (χ1n) is 8.04. The monoisotopic (exact) mass is 308 g/mol. The van der Waals surface area contributed by atoms with Crippen molar-refractivity contribution in [1.82, 2.24) is 9.97 Å². The molecule has 1 N–H and O–H groups in total. The summed E-state index contributed by atoms with van der Waals surface area (Å²) in [6.07, 6.45) is 5.05. The Bertz CT molecular complexity index is 462. The number of nitrogens with one attached hydrogen (secondary N) is 1. The first kappa shape index (κ1) is 16.4. The van der Waals surface area contributed by atoms with Crippen molar-refractivity contribution in [2.75, 3.05) is 35.6 Å². The molecule has 21 heavy (non-hydrogen) atoms. The largest absolute Gasteiger partial charge is 0.370 e. The molecule has 4 nitrogen and oxygen atoms in total. The molecule has 5 heteroatoms. The maximum Gasteiger partial charge on any atom is 0.137 e. The van der Waals surface area contributed by atoms with E-state index < -0.39 is 0 Å². The van der Waals surface area contributed by atoms with Gasteiger partial charge < -0.3 is 10.2 Å². The Hall–Kier alpha value is -0.970. The molecule has 0 saturated carbocycles. The Morgan fingerprint density at radius 1 is 1.29 bits per heavy atom. The van der Waals surface area contributed by atoms with Gasteiger partial charge in [-0.3, -0.25) is 0 Å². The lowest BCUT2D eigenvalue weighted by Gasteiger charge is -2.26. The minimum absolute atomic E-state index is 0.372. The van der Waals surface area contributed by atoms with Crippen molar-refractivity contribution in [2.24, 2.45) is 0 Å². The Balaban J connectivity index is 2.27. The van der Waals surface area contributed by atoms with Gasteiger partial charge in [-0.2, -0.15) is 11.8 Å². The minimum atomic E-state index is 0.372. The minimum Gasteiger partial charge on any atom is -0.370 e. The van der Waals surface area contributed by atoms with Crippen molar-refractivity contribution in [1.29, 1.82) is 0 Å². The van der Waals surface area contributed by atoms with Crippen molar-refractivity contribution in [3.63, 3.8) is 0 Å². The average molecular weight is 308 g/mol. The van der Waals surface area contributed by atoms with Gasteiger partial charge in [0.1, 0.15) is 18.0 Å². The predicted octanol–water partition coefficient (Wildman–Crippen LogP) is 3.58.